The molecule has 1 aliphatic carbocycles. The van der Waals surface area contributed by atoms with E-state index in [-0.39, 0.29) is 42.9 Å². The number of non-ortho nitro benzene ring substituents is 1. The Labute approximate surface area is 294 Å². The topological polar surface area (TPSA) is 81.9 Å². The summed E-state index contributed by atoms with van der Waals surface area (Å²) in [6.45, 7) is 6.88. The molecule has 7 nitrogen and oxygen atoms in total. The Hall–Kier alpha value is -5.49. The summed E-state index contributed by atoms with van der Waals surface area (Å²) in [7, 11) is -2.92. The number of amides is 1. The third-order valence-corrected chi connectivity index (χ3v) is 14.5. The molecule has 8 heteroatoms. The molecular weight excluding hydrogens is 641 g/mol. The van der Waals surface area contributed by atoms with Gasteiger partial charge in [0.25, 0.3) is 14.0 Å². The van der Waals surface area contributed by atoms with E-state index in [0.29, 0.717) is 5.56 Å². The molecule has 6 rings (SSSR count). The molecule has 0 radical (unpaired) electrons. The van der Waals surface area contributed by atoms with Gasteiger partial charge in [-0.2, -0.15) is 0 Å². The lowest BCUT2D eigenvalue weighted by atomic mass is 9.98. The van der Waals surface area contributed by atoms with Crippen LogP contribution in [0.25, 0.3) is 11.1 Å². The number of rotatable bonds is 11. The van der Waals surface area contributed by atoms with E-state index in [1.807, 2.05) is 60.7 Å². The number of nitro groups is 1. The van der Waals surface area contributed by atoms with Crippen LogP contribution in [0.2, 0.25) is 5.04 Å². The number of hydrogen-bond donors (Lipinski definition) is 0. The normalized spacial score (nSPS) is 12.4. The number of carbonyl (C=O) groups is 1. The second-order valence-electron chi connectivity index (χ2n) is 13.5. The van der Waals surface area contributed by atoms with E-state index in [4.69, 9.17) is 15.6 Å². The van der Waals surface area contributed by atoms with Crippen LogP contribution in [0.1, 0.15) is 48.9 Å². The zero-order chi connectivity index (χ0) is 35.3. The first-order valence-corrected chi connectivity index (χ1v) is 18.6. The van der Waals surface area contributed by atoms with Crippen LogP contribution >= 0.6 is 0 Å². The van der Waals surface area contributed by atoms with E-state index in [2.05, 4.69) is 75.2 Å². The molecule has 0 heterocycles. The first kappa shape index (κ1) is 34.4. The van der Waals surface area contributed by atoms with E-state index in [0.717, 1.165) is 38.2 Å². The largest absolute Gasteiger partial charge is 0.448 e. The number of ether oxygens (including phenoxy) is 1. The average molecular weight is 681 g/mol. The molecule has 1 aliphatic rings. The van der Waals surface area contributed by atoms with E-state index in [1.165, 1.54) is 17.0 Å². The second-order valence-corrected chi connectivity index (χ2v) is 17.8. The summed E-state index contributed by atoms with van der Waals surface area (Å²) in [6, 6.07) is 41.6. The maximum Gasteiger partial charge on any atom is 0.410 e. The van der Waals surface area contributed by atoms with Gasteiger partial charge in [0.15, 0.2) is 0 Å². The predicted octanol–water partition coefficient (Wildman–Crippen LogP) is 8.06. The van der Waals surface area contributed by atoms with Crippen molar-refractivity contribution in [2.45, 2.75) is 44.9 Å². The monoisotopic (exact) mass is 680 g/mol. The third-order valence-electron chi connectivity index (χ3n) is 9.50. The van der Waals surface area contributed by atoms with Crippen molar-refractivity contribution in [3.63, 3.8) is 0 Å². The van der Waals surface area contributed by atoms with Crippen molar-refractivity contribution < 1.29 is 18.9 Å². The molecule has 0 aliphatic heterocycles. The molecule has 0 bridgehead atoms. The highest BCUT2D eigenvalue weighted by atomic mass is 28.4. The molecule has 0 N–H and O–H groups in total. The van der Waals surface area contributed by atoms with Crippen LogP contribution in [0.15, 0.2) is 127 Å². The molecule has 1 amide bonds. The van der Waals surface area contributed by atoms with Crippen molar-refractivity contribution in [2.75, 3.05) is 13.2 Å². The summed E-state index contributed by atoms with van der Waals surface area (Å²) in [5.41, 5.74) is 5.69. The van der Waals surface area contributed by atoms with Gasteiger partial charge in [-0.25, -0.2) is 4.79 Å². The first-order valence-electron chi connectivity index (χ1n) is 16.7. The standard InChI is InChI=1S/C42H40N2O5Si/c1-5-26-43(41(45)48-30-40-38-22-14-12-20-36(38)37-21-13-15-23-39(37)40)28-32-27-33(44(46)47)25-24-31(32)29-49-50(42(2,3)4,34-16-8-6-9-17-34)35-18-10-7-11-19-35/h1,6-25,27,40H,26,28-30H2,2-4H3. The van der Waals surface area contributed by atoms with Crippen LogP contribution in [0, 0.1) is 22.5 Å². The lowest BCUT2D eigenvalue weighted by molar-refractivity contribution is -0.384. The smallest absolute Gasteiger partial charge is 0.410 e. The summed E-state index contributed by atoms with van der Waals surface area (Å²) < 4.78 is 13.1. The minimum Gasteiger partial charge on any atom is -0.448 e. The predicted molar refractivity (Wildman–Crippen MR) is 200 cm³/mol. The molecule has 0 aromatic heterocycles. The Morgan fingerprint density at radius 2 is 1.36 bits per heavy atom. The molecule has 5 aromatic rings. The number of nitrogens with zero attached hydrogens (tertiary/aromatic N) is 2. The minimum atomic E-state index is -2.92. The lowest BCUT2D eigenvalue weighted by Crippen LogP contribution is -2.66. The maximum atomic E-state index is 13.7. The van der Waals surface area contributed by atoms with Gasteiger partial charge in [0.1, 0.15) is 6.61 Å². The SMILES string of the molecule is C#CCN(Cc1cc([N+](=O)[O-])ccc1CO[Si](c1ccccc1)(c1ccccc1)C(C)(C)C)C(=O)OCC1c2ccccc2-c2ccccc21. The van der Waals surface area contributed by atoms with Crippen molar-refractivity contribution in [2.24, 2.45) is 0 Å². The fourth-order valence-electron chi connectivity index (χ4n) is 7.15. The third kappa shape index (κ3) is 6.71. The number of nitro benzene ring substituents is 1. The number of benzene rings is 5. The van der Waals surface area contributed by atoms with E-state index in [9.17, 15) is 14.9 Å². The second kappa shape index (κ2) is 14.5. The number of hydrogen-bond acceptors (Lipinski definition) is 5. The van der Waals surface area contributed by atoms with Crippen molar-refractivity contribution in [1.82, 2.24) is 4.90 Å². The number of carbonyl (C=O) groups excluding carboxylic acids is 1. The van der Waals surface area contributed by atoms with Gasteiger partial charge in [0, 0.05) is 18.1 Å². The van der Waals surface area contributed by atoms with Crippen molar-refractivity contribution in [3.05, 3.63) is 160 Å². The van der Waals surface area contributed by atoms with Gasteiger partial charge in [-0.3, -0.25) is 15.0 Å². The van der Waals surface area contributed by atoms with Gasteiger partial charge >= 0.3 is 6.09 Å². The van der Waals surface area contributed by atoms with Gasteiger partial charge < -0.3 is 9.16 Å². The van der Waals surface area contributed by atoms with Crippen LogP contribution in [0.4, 0.5) is 10.5 Å². The Bertz CT molecular complexity index is 1950. The van der Waals surface area contributed by atoms with Gasteiger partial charge in [-0.05, 0) is 54.9 Å². The van der Waals surface area contributed by atoms with Crippen LogP contribution in [0.3, 0.4) is 0 Å². The molecule has 0 saturated carbocycles. The summed E-state index contributed by atoms with van der Waals surface area (Å²) in [5.74, 6) is 2.45. The average Bonchev–Trinajstić information content (AvgIpc) is 3.44. The molecule has 252 valence electrons. The Balaban J connectivity index is 1.29. The van der Waals surface area contributed by atoms with Crippen molar-refractivity contribution in [3.8, 4) is 23.5 Å². The molecule has 0 atom stereocenters. The number of terminal acetylenes is 1. The highest BCUT2D eigenvalue weighted by Gasteiger charge is 2.50. The maximum absolute atomic E-state index is 13.7. The van der Waals surface area contributed by atoms with Crippen molar-refractivity contribution >= 4 is 30.5 Å². The van der Waals surface area contributed by atoms with E-state index >= 15 is 0 Å². The van der Waals surface area contributed by atoms with Gasteiger partial charge in [-0.15, -0.1) is 6.42 Å². The highest BCUT2D eigenvalue weighted by Crippen LogP contribution is 2.44. The van der Waals surface area contributed by atoms with Gasteiger partial charge in [0.2, 0.25) is 0 Å². The molecule has 50 heavy (non-hydrogen) atoms. The quantitative estimate of drug-likeness (QED) is 0.0610. The highest BCUT2D eigenvalue weighted by molar-refractivity contribution is 6.99. The van der Waals surface area contributed by atoms with Crippen LogP contribution in [0.5, 0.6) is 0 Å². The Kier molecular flexibility index (Phi) is 10.0. The number of fused-ring (bicyclic) bond motifs is 3. The molecule has 0 saturated heterocycles. The van der Waals surface area contributed by atoms with Gasteiger partial charge in [-0.1, -0.05) is 136 Å². The van der Waals surface area contributed by atoms with E-state index < -0.39 is 19.3 Å². The fraction of sp³-hybridized carbons (Fsp3) is 0.214. The molecule has 5 aromatic carbocycles. The Morgan fingerprint density at radius 3 is 1.88 bits per heavy atom. The van der Waals surface area contributed by atoms with E-state index in [1.54, 1.807) is 6.07 Å². The fourth-order valence-corrected chi connectivity index (χ4v) is 11.7. The molecular formula is C42H40N2O5Si. The lowest BCUT2D eigenvalue weighted by Gasteiger charge is -2.43. The summed E-state index contributed by atoms with van der Waals surface area (Å²) >= 11 is 0. The zero-order valence-corrected chi connectivity index (χ0v) is 29.5. The van der Waals surface area contributed by atoms with Crippen LogP contribution in [-0.4, -0.2) is 37.4 Å². The Morgan fingerprint density at radius 1 is 0.820 bits per heavy atom. The van der Waals surface area contributed by atoms with Crippen LogP contribution in [-0.2, 0) is 22.3 Å². The molecule has 0 unspecified atom stereocenters. The van der Waals surface area contributed by atoms with Crippen molar-refractivity contribution in [1.29, 1.82) is 0 Å². The molecule has 0 fully saturated rings. The first-order chi connectivity index (χ1) is 24.1. The summed E-state index contributed by atoms with van der Waals surface area (Å²) in [5, 5.41) is 13.9. The summed E-state index contributed by atoms with van der Waals surface area (Å²) in [6.07, 6.45) is 5.16. The summed E-state index contributed by atoms with van der Waals surface area (Å²) in [4.78, 5) is 26.6. The van der Waals surface area contributed by atoms with Gasteiger partial charge in [0.05, 0.1) is 24.6 Å². The minimum absolute atomic E-state index is 0.0159. The zero-order valence-electron chi connectivity index (χ0n) is 28.5. The molecule has 0 spiro atoms. The van der Waals surface area contributed by atoms with Crippen LogP contribution < -0.4 is 10.4 Å².